The fourth-order valence-corrected chi connectivity index (χ4v) is 3.13. The molecule has 4 amide bonds. The van der Waals surface area contributed by atoms with Crippen LogP contribution in [0.1, 0.15) is 33.6 Å². The van der Waals surface area contributed by atoms with Gasteiger partial charge in [-0.25, -0.2) is 0 Å². The Balaban J connectivity index is 1.75. The van der Waals surface area contributed by atoms with Crippen LogP contribution in [0.5, 0.6) is 5.75 Å². The summed E-state index contributed by atoms with van der Waals surface area (Å²) in [7, 11) is 0. The quantitative estimate of drug-likeness (QED) is 0.668. The predicted molar refractivity (Wildman–Crippen MR) is 82.4 cm³/mol. The topological polar surface area (TPSA) is 132 Å². The van der Waals surface area contributed by atoms with E-state index < -0.39 is 29.7 Å². The number of hydrogen-bond acceptors (Lipinski definition) is 6. The molecule has 0 radical (unpaired) electrons. The number of carbonyl (C=O) groups is 4. The number of phenols is 1. The molecule has 0 bridgehead atoms. The number of amides is 4. The highest BCUT2D eigenvalue weighted by molar-refractivity contribution is 6.24. The van der Waals surface area contributed by atoms with Crippen molar-refractivity contribution in [2.45, 2.75) is 18.9 Å². The van der Waals surface area contributed by atoms with Crippen LogP contribution in [0.15, 0.2) is 24.5 Å². The molecule has 3 N–H and O–H groups in total. The summed E-state index contributed by atoms with van der Waals surface area (Å²) in [5.74, 6) is -2.57. The molecule has 1 aromatic carbocycles. The second-order valence-corrected chi connectivity index (χ2v) is 5.85. The van der Waals surface area contributed by atoms with Crippen molar-refractivity contribution in [2.24, 2.45) is 0 Å². The van der Waals surface area contributed by atoms with Crippen molar-refractivity contribution >= 4 is 23.6 Å². The Labute approximate surface area is 140 Å². The SMILES string of the molecule is O=C1CCC(N2C(=O)c3cc(O)c(-c4cn[nH]c4)cc3C2=O)C(=O)N1. The van der Waals surface area contributed by atoms with E-state index >= 15 is 0 Å². The van der Waals surface area contributed by atoms with Crippen LogP contribution in [-0.2, 0) is 9.59 Å². The number of aromatic amines is 1. The second kappa shape index (κ2) is 5.26. The predicted octanol–water partition coefficient (Wildman–Crippen LogP) is 0.183. The van der Waals surface area contributed by atoms with E-state index in [1.165, 1.54) is 18.3 Å². The molecule has 2 aliphatic heterocycles. The van der Waals surface area contributed by atoms with Crippen LogP contribution in [0.2, 0.25) is 0 Å². The van der Waals surface area contributed by atoms with Gasteiger partial charge in [-0.15, -0.1) is 0 Å². The standard InChI is InChI=1S/C16H12N4O5/c21-12-4-10-9(3-8(12)7-5-17-18-6-7)15(24)20(16(10)25)11-1-2-13(22)19-14(11)23/h3-6,11,21H,1-2H2,(H,17,18)(H,19,22,23). The van der Waals surface area contributed by atoms with Crippen LogP contribution >= 0.6 is 0 Å². The Morgan fingerprint density at radius 2 is 1.80 bits per heavy atom. The molecule has 2 aromatic rings. The molecule has 2 aliphatic rings. The van der Waals surface area contributed by atoms with Crippen molar-refractivity contribution in [1.82, 2.24) is 20.4 Å². The first-order chi connectivity index (χ1) is 12.0. The smallest absolute Gasteiger partial charge is 0.262 e. The monoisotopic (exact) mass is 340 g/mol. The minimum atomic E-state index is -1.04. The van der Waals surface area contributed by atoms with Gasteiger partial charge in [0.1, 0.15) is 11.8 Å². The summed E-state index contributed by atoms with van der Waals surface area (Å²) in [6.45, 7) is 0. The molecule has 25 heavy (non-hydrogen) atoms. The number of aromatic nitrogens is 2. The van der Waals surface area contributed by atoms with Gasteiger partial charge in [-0.1, -0.05) is 0 Å². The van der Waals surface area contributed by atoms with E-state index in [9.17, 15) is 24.3 Å². The molecule has 0 aliphatic carbocycles. The van der Waals surface area contributed by atoms with Crippen molar-refractivity contribution in [3.05, 3.63) is 35.7 Å². The third-order valence-corrected chi connectivity index (χ3v) is 4.37. The highest BCUT2D eigenvalue weighted by atomic mass is 16.3. The van der Waals surface area contributed by atoms with Crippen molar-refractivity contribution in [1.29, 1.82) is 0 Å². The highest BCUT2D eigenvalue weighted by Crippen LogP contribution is 2.36. The number of phenolic OH excluding ortho intramolecular Hbond substituents is 1. The lowest BCUT2D eigenvalue weighted by atomic mass is 10.0. The molecule has 9 nitrogen and oxygen atoms in total. The first-order valence-electron chi connectivity index (χ1n) is 7.55. The van der Waals surface area contributed by atoms with Crippen molar-refractivity contribution < 1.29 is 24.3 Å². The fourth-order valence-electron chi connectivity index (χ4n) is 3.13. The maximum atomic E-state index is 12.7. The van der Waals surface area contributed by atoms with Gasteiger partial charge in [0.2, 0.25) is 11.8 Å². The van der Waals surface area contributed by atoms with E-state index in [1.807, 2.05) is 0 Å². The molecule has 9 heteroatoms. The molecule has 0 saturated carbocycles. The first-order valence-corrected chi connectivity index (χ1v) is 7.55. The first kappa shape index (κ1) is 15.1. The van der Waals surface area contributed by atoms with Gasteiger partial charge < -0.3 is 5.11 Å². The Morgan fingerprint density at radius 3 is 2.44 bits per heavy atom. The number of nitrogens with one attached hydrogen (secondary N) is 2. The second-order valence-electron chi connectivity index (χ2n) is 5.85. The molecule has 1 aromatic heterocycles. The summed E-state index contributed by atoms with van der Waals surface area (Å²) in [6, 6.07) is 1.58. The van der Waals surface area contributed by atoms with Crippen molar-refractivity contribution in [3.8, 4) is 16.9 Å². The van der Waals surface area contributed by atoms with E-state index in [-0.39, 0.29) is 29.7 Å². The largest absolute Gasteiger partial charge is 0.507 e. The summed E-state index contributed by atoms with van der Waals surface area (Å²) >= 11 is 0. The molecule has 3 heterocycles. The summed E-state index contributed by atoms with van der Waals surface area (Å²) in [5.41, 5.74) is 1.03. The van der Waals surface area contributed by atoms with Crippen molar-refractivity contribution in [2.75, 3.05) is 0 Å². The number of H-pyrrole nitrogens is 1. The van der Waals surface area contributed by atoms with E-state index in [0.717, 1.165) is 4.90 Å². The summed E-state index contributed by atoms with van der Waals surface area (Å²) in [6.07, 6.45) is 3.15. The summed E-state index contributed by atoms with van der Waals surface area (Å²) < 4.78 is 0. The number of aromatic hydroxyl groups is 1. The number of carbonyl (C=O) groups excluding carboxylic acids is 4. The zero-order valence-electron chi connectivity index (χ0n) is 12.8. The average molecular weight is 340 g/mol. The van der Waals surface area contributed by atoms with E-state index in [1.54, 1.807) is 6.20 Å². The maximum absolute atomic E-state index is 12.7. The molecular weight excluding hydrogens is 328 g/mol. The number of nitrogens with zero attached hydrogens (tertiary/aromatic N) is 2. The number of piperidine rings is 1. The third-order valence-electron chi connectivity index (χ3n) is 4.37. The summed E-state index contributed by atoms with van der Waals surface area (Å²) in [4.78, 5) is 49.4. The Kier molecular flexibility index (Phi) is 3.17. The molecule has 1 atom stereocenters. The Morgan fingerprint density at radius 1 is 1.08 bits per heavy atom. The van der Waals surface area contributed by atoms with Gasteiger partial charge in [0.05, 0.1) is 17.3 Å². The molecule has 4 rings (SSSR count). The van der Waals surface area contributed by atoms with Gasteiger partial charge in [0.25, 0.3) is 11.8 Å². The highest BCUT2D eigenvalue weighted by Gasteiger charge is 2.45. The normalized spacial score (nSPS) is 20.0. The molecule has 1 fully saturated rings. The molecule has 126 valence electrons. The van der Waals surface area contributed by atoms with Crippen LogP contribution in [0, 0.1) is 0 Å². The number of rotatable bonds is 2. The van der Waals surface area contributed by atoms with E-state index in [2.05, 4.69) is 15.5 Å². The molecule has 1 unspecified atom stereocenters. The number of fused-ring (bicyclic) bond motifs is 1. The average Bonchev–Trinajstić information content (AvgIpc) is 3.17. The Hall–Kier alpha value is -3.49. The number of imide groups is 2. The zero-order chi connectivity index (χ0) is 17.7. The van der Waals surface area contributed by atoms with Crippen LogP contribution < -0.4 is 5.32 Å². The minimum Gasteiger partial charge on any atom is -0.507 e. The van der Waals surface area contributed by atoms with Crippen LogP contribution in [0.25, 0.3) is 11.1 Å². The van der Waals surface area contributed by atoms with Crippen LogP contribution in [-0.4, -0.2) is 49.9 Å². The summed E-state index contributed by atoms with van der Waals surface area (Å²) in [5, 5.41) is 18.7. The van der Waals surface area contributed by atoms with Gasteiger partial charge in [-0.05, 0) is 18.6 Å². The van der Waals surface area contributed by atoms with Crippen LogP contribution in [0.3, 0.4) is 0 Å². The molecule has 0 spiro atoms. The molecular formula is C16H12N4O5. The van der Waals surface area contributed by atoms with Gasteiger partial charge >= 0.3 is 0 Å². The van der Waals surface area contributed by atoms with Crippen LogP contribution in [0.4, 0.5) is 0 Å². The Bertz CT molecular complexity index is 934. The maximum Gasteiger partial charge on any atom is 0.262 e. The van der Waals surface area contributed by atoms with E-state index in [4.69, 9.17) is 0 Å². The van der Waals surface area contributed by atoms with Gasteiger partial charge in [0, 0.05) is 23.7 Å². The van der Waals surface area contributed by atoms with E-state index in [0.29, 0.717) is 11.1 Å². The van der Waals surface area contributed by atoms with Gasteiger partial charge in [0.15, 0.2) is 0 Å². The van der Waals surface area contributed by atoms with Gasteiger partial charge in [-0.3, -0.25) is 34.5 Å². The minimum absolute atomic E-state index is 0.0273. The number of hydrogen-bond donors (Lipinski definition) is 3. The van der Waals surface area contributed by atoms with Gasteiger partial charge in [-0.2, -0.15) is 5.10 Å². The van der Waals surface area contributed by atoms with Crippen molar-refractivity contribution in [3.63, 3.8) is 0 Å². The molecule has 1 saturated heterocycles. The lowest BCUT2D eigenvalue weighted by molar-refractivity contribution is -0.136. The third kappa shape index (κ3) is 2.20. The fraction of sp³-hybridized carbons (Fsp3) is 0.188. The number of benzene rings is 1. The zero-order valence-corrected chi connectivity index (χ0v) is 12.8. The lowest BCUT2D eigenvalue weighted by Crippen LogP contribution is -2.54. The lowest BCUT2D eigenvalue weighted by Gasteiger charge is -2.27.